The molecular weight excluding hydrogens is 276 g/mol. The van der Waals surface area contributed by atoms with Gasteiger partial charge in [-0.3, -0.25) is 0 Å². The number of carboxylic acids is 1. The average Bonchev–Trinajstić information content (AvgIpc) is 2.40. The summed E-state index contributed by atoms with van der Waals surface area (Å²) in [6.07, 6.45) is 1.72. The van der Waals surface area contributed by atoms with Crippen molar-refractivity contribution in [3.63, 3.8) is 0 Å². The number of rotatable bonds is 4. The Bertz CT molecular complexity index is 406. The third-order valence-corrected chi connectivity index (χ3v) is 2.95. The first-order valence-electron chi connectivity index (χ1n) is 6.06. The van der Waals surface area contributed by atoms with E-state index in [2.05, 4.69) is 0 Å². The van der Waals surface area contributed by atoms with Crippen LogP contribution in [-0.2, 0) is 10.7 Å². The van der Waals surface area contributed by atoms with Gasteiger partial charge < -0.3 is 16.2 Å². The highest BCUT2D eigenvalue weighted by molar-refractivity contribution is 6.17. The van der Waals surface area contributed by atoms with Crippen molar-refractivity contribution in [3.05, 3.63) is 47.5 Å². The number of alkyl halides is 1. The Morgan fingerprint density at radius 1 is 1.35 bits per heavy atom. The highest BCUT2D eigenvalue weighted by Gasteiger charge is 2.04. The van der Waals surface area contributed by atoms with Crippen molar-refractivity contribution in [1.29, 1.82) is 0 Å². The highest BCUT2D eigenvalue weighted by Crippen LogP contribution is 2.00. The minimum absolute atomic E-state index is 0. The Morgan fingerprint density at radius 3 is 2.15 bits per heavy atom. The molecule has 114 valence electrons. The van der Waals surface area contributed by atoms with Crippen LogP contribution in [0.5, 0.6) is 0 Å². The SMILES string of the molecule is CC(=CC(C)N(C)C)C(=O)O.ClCc1ccccc1.N. The van der Waals surface area contributed by atoms with Gasteiger partial charge >= 0.3 is 5.97 Å². The molecule has 0 radical (unpaired) electrons. The van der Waals surface area contributed by atoms with Crippen LogP contribution in [0.2, 0.25) is 0 Å². The van der Waals surface area contributed by atoms with Gasteiger partial charge in [-0.15, -0.1) is 11.6 Å². The predicted octanol–water partition coefficient (Wildman–Crippen LogP) is 3.55. The summed E-state index contributed by atoms with van der Waals surface area (Å²) in [5.41, 5.74) is 1.57. The number of carbonyl (C=O) groups is 1. The molecule has 0 fully saturated rings. The molecule has 4 N–H and O–H groups in total. The minimum Gasteiger partial charge on any atom is -0.478 e. The smallest absolute Gasteiger partial charge is 0.331 e. The van der Waals surface area contributed by atoms with Gasteiger partial charge in [-0.1, -0.05) is 36.4 Å². The molecular formula is C15H25ClN2O2. The molecule has 1 atom stereocenters. The molecule has 20 heavy (non-hydrogen) atoms. The van der Waals surface area contributed by atoms with Gasteiger partial charge in [0.2, 0.25) is 0 Å². The van der Waals surface area contributed by atoms with E-state index >= 15 is 0 Å². The second kappa shape index (κ2) is 11.5. The van der Waals surface area contributed by atoms with Gasteiger partial charge in [-0.05, 0) is 33.5 Å². The standard InChI is InChI=1S/C8H15NO2.C7H7Cl.H3N/c1-6(8(10)11)5-7(2)9(3)4;8-6-7-4-2-1-3-5-7;/h5,7H,1-4H3,(H,10,11);1-5H,6H2;1H3. The van der Waals surface area contributed by atoms with E-state index in [4.69, 9.17) is 16.7 Å². The van der Waals surface area contributed by atoms with E-state index in [0.717, 1.165) is 0 Å². The number of hydrogen-bond acceptors (Lipinski definition) is 3. The van der Waals surface area contributed by atoms with Crippen molar-refractivity contribution in [3.8, 4) is 0 Å². The van der Waals surface area contributed by atoms with Crippen molar-refractivity contribution >= 4 is 17.6 Å². The molecule has 0 spiro atoms. The van der Waals surface area contributed by atoms with Crippen LogP contribution in [0.1, 0.15) is 19.4 Å². The first kappa shape index (κ1) is 20.9. The number of benzene rings is 1. The molecule has 1 unspecified atom stereocenters. The van der Waals surface area contributed by atoms with E-state index in [1.807, 2.05) is 56.3 Å². The fraction of sp³-hybridized carbons (Fsp3) is 0.400. The highest BCUT2D eigenvalue weighted by atomic mass is 35.5. The number of nitrogens with zero attached hydrogens (tertiary/aromatic N) is 1. The Morgan fingerprint density at radius 2 is 1.85 bits per heavy atom. The molecule has 5 heteroatoms. The van der Waals surface area contributed by atoms with Crippen molar-refractivity contribution in [2.75, 3.05) is 14.1 Å². The van der Waals surface area contributed by atoms with E-state index < -0.39 is 5.97 Å². The molecule has 0 saturated heterocycles. The van der Waals surface area contributed by atoms with Gasteiger partial charge in [0.05, 0.1) is 0 Å². The maximum absolute atomic E-state index is 10.4. The zero-order valence-corrected chi connectivity index (χ0v) is 13.4. The Labute approximate surface area is 126 Å². The maximum atomic E-state index is 10.4. The van der Waals surface area contributed by atoms with Crippen LogP contribution in [0, 0.1) is 0 Å². The molecule has 0 aliphatic rings. The second-order valence-electron chi connectivity index (χ2n) is 4.48. The van der Waals surface area contributed by atoms with Crippen LogP contribution in [0.4, 0.5) is 0 Å². The number of aliphatic carboxylic acids is 1. The molecule has 0 heterocycles. The number of halogens is 1. The van der Waals surface area contributed by atoms with E-state index in [1.165, 1.54) is 5.56 Å². The Hall–Kier alpha value is -1.36. The van der Waals surface area contributed by atoms with Gasteiger partial charge in [0, 0.05) is 17.5 Å². The lowest BCUT2D eigenvalue weighted by atomic mass is 10.2. The first-order chi connectivity index (χ1) is 8.88. The van der Waals surface area contributed by atoms with Crippen LogP contribution in [-0.4, -0.2) is 36.1 Å². The van der Waals surface area contributed by atoms with Crippen LogP contribution in [0.15, 0.2) is 42.0 Å². The Balaban J connectivity index is 0. The van der Waals surface area contributed by atoms with Crippen LogP contribution < -0.4 is 6.15 Å². The molecule has 1 aromatic rings. The van der Waals surface area contributed by atoms with Gasteiger partial charge in [-0.2, -0.15) is 0 Å². The summed E-state index contributed by atoms with van der Waals surface area (Å²) in [5.74, 6) is -0.236. The van der Waals surface area contributed by atoms with Gasteiger partial charge in [0.25, 0.3) is 0 Å². The van der Waals surface area contributed by atoms with E-state index in [0.29, 0.717) is 11.5 Å². The Kier molecular flexibility index (Phi) is 12.0. The van der Waals surface area contributed by atoms with Gasteiger partial charge in [0.15, 0.2) is 0 Å². The van der Waals surface area contributed by atoms with Crippen molar-refractivity contribution < 1.29 is 9.90 Å². The summed E-state index contributed by atoms with van der Waals surface area (Å²) in [6.45, 7) is 3.55. The lowest BCUT2D eigenvalue weighted by Gasteiger charge is -2.15. The molecule has 0 amide bonds. The number of hydrogen-bond donors (Lipinski definition) is 2. The van der Waals surface area contributed by atoms with Crippen molar-refractivity contribution in [2.45, 2.75) is 25.8 Å². The van der Waals surface area contributed by atoms with E-state index in [1.54, 1.807) is 13.0 Å². The fourth-order valence-corrected chi connectivity index (χ4v) is 1.33. The maximum Gasteiger partial charge on any atom is 0.331 e. The van der Waals surface area contributed by atoms with Crippen molar-refractivity contribution in [2.24, 2.45) is 0 Å². The molecule has 0 bridgehead atoms. The first-order valence-corrected chi connectivity index (χ1v) is 6.60. The topological polar surface area (TPSA) is 75.5 Å². The summed E-state index contributed by atoms with van der Waals surface area (Å²) in [5, 5.41) is 8.53. The predicted molar refractivity (Wildman–Crippen MR) is 85.6 cm³/mol. The molecule has 0 saturated carbocycles. The molecule has 0 aliphatic carbocycles. The number of carboxylic acid groups (broad SMARTS) is 1. The van der Waals surface area contributed by atoms with E-state index in [-0.39, 0.29) is 12.2 Å². The third-order valence-electron chi connectivity index (χ3n) is 2.64. The number of likely N-dealkylation sites (N-methyl/N-ethyl adjacent to an activating group) is 1. The quantitative estimate of drug-likeness (QED) is 0.658. The molecule has 4 nitrogen and oxygen atoms in total. The van der Waals surface area contributed by atoms with Gasteiger partial charge in [-0.25, -0.2) is 4.79 Å². The molecule has 1 rings (SSSR count). The molecule has 0 aliphatic heterocycles. The lowest BCUT2D eigenvalue weighted by molar-refractivity contribution is -0.132. The molecule has 0 aromatic heterocycles. The average molecular weight is 301 g/mol. The lowest BCUT2D eigenvalue weighted by Crippen LogP contribution is -2.23. The zero-order chi connectivity index (χ0) is 14.8. The van der Waals surface area contributed by atoms with Crippen LogP contribution >= 0.6 is 11.6 Å². The second-order valence-corrected chi connectivity index (χ2v) is 4.75. The summed E-state index contributed by atoms with van der Waals surface area (Å²) >= 11 is 5.53. The monoisotopic (exact) mass is 300 g/mol. The summed E-state index contributed by atoms with van der Waals surface area (Å²) < 4.78 is 0. The van der Waals surface area contributed by atoms with Gasteiger partial charge in [0.1, 0.15) is 0 Å². The fourth-order valence-electron chi connectivity index (χ4n) is 1.15. The van der Waals surface area contributed by atoms with Crippen molar-refractivity contribution in [1.82, 2.24) is 11.1 Å². The molecule has 1 aromatic carbocycles. The summed E-state index contributed by atoms with van der Waals surface area (Å²) in [6, 6.07) is 10.1. The van der Waals surface area contributed by atoms with Crippen LogP contribution in [0.3, 0.4) is 0 Å². The minimum atomic E-state index is -0.848. The normalized spacial score (nSPS) is 12.0. The van der Waals surface area contributed by atoms with E-state index in [9.17, 15) is 4.79 Å². The third kappa shape index (κ3) is 9.55. The summed E-state index contributed by atoms with van der Waals surface area (Å²) in [7, 11) is 3.83. The largest absolute Gasteiger partial charge is 0.478 e. The zero-order valence-electron chi connectivity index (χ0n) is 12.6. The van der Waals surface area contributed by atoms with Crippen LogP contribution in [0.25, 0.3) is 0 Å². The summed E-state index contributed by atoms with van der Waals surface area (Å²) in [4.78, 5) is 12.3.